The van der Waals surface area contributed by atoms with Crippen LogP contribution >= 0.6 is 11.6 Å². The van der Waals surface area contributed by atoms with Gasteiger partial charge in [0.2, 0.25) is 5.91 Å². The Morgan fingerprint density at radius 3 is 2.58 bits per heavy atom. The molecule has 0 aliphatic carbocycles. The molecule has 0 radical (unpaired) electrons. The van der Waals surface area contributed by atoms with Crippen LogP contribution in [0.15, 0.2) is 48.5 Å². The standard InChI is InChI=1S/C18H21ClN2O3/c1-23-11-10-20-12-18(22)21-15-6-8-16(9-7-15)24-13-14-4-2-3-5-17(14)19/h2-9,20H,10-13H2,1H3,(H,21,22). The Labute approximate surface area is 146 Å². The lowest BCUT2D eigenvalue weighted by Crippen LogP contribution is -2.30. The van der Waals surface area contributed by atoms with Crippen LogP contribution in [0.3, 0.4) is 0 Å². The van der Waals surface area contributed by atoms with E-state index in [4.69, 9.17) is 21.1 Å². The highest BCUT2D eigenvalue weighted by Crippen LogP contribution is 2.20. The van der Waals surface area contributed by atoms with Gasteiger partial charge in [-0.1, -0.05) is 29.8 Å². The van der Waals surface area contributed by atoms with Crippen molar-refractivity contribution in [1.82, 2.24) is 5.32 Å². The van der Waals surface area contributed by atoms with E-state index in [1.54, 1.807) is 19.2 Å². The molecule has 0 atom stereocenters. The Balaban J connectivity index is 1.78. The minimum Gasteiger partial charge on any atom is -0.489 e. The van der Waals surface area contributed by atoms with Crippen molar-refractivity contribution in [2.75, 3.05) is 32.1 Å². The van der Waals surface area contributed by atoms with E-state index in [0.717, 1.165) is 11.3 Å². The van der Waals surface area contributed by atoms with E-state index in [-0.39, 0.29) is 12.5 Å². The summed E-state index contributed by atoms with van der Waals surface area (Å²) in [6.45, 7) is 1.85. The van der Waals surface area contributed by atoms with Crippen molar-refractivity contribution >= 4 is 23.2 Å². The van der Waals surface area contributed by atoms with Crippen molar-refractivity contribution in [1.29, 1.82) is 0 Å². The van der Waals surface area contributed by atoms with Gasteiger partial charge in [0.15, 0.2) is 0 Å². The minimum absolute atomic E-state index is 0.101. The Kier molecular flexibility index (Phi) is 7.55. The van der Waals surface area contributed by atoms with Gasteiger partial charge >= 0.3 is 0 Å². The second kappa shape index (κ2) is 9.93. The van der Waals surface area contributed by atoms with E-state index >= 15 is 0 Å². The molecule has 0 heterocycles. The highest BCUT2D eigenvalue weighted by Gasteiger charge is 2.03. The summed E-state index contributed by atoms with van der Waals surface area (Å²) in [5.74, 6) is 0.613. The maximum absolute atomic E-state index is 11.7. The number of hydrogen-bond acceptors (Lipinski definition) is 4. The number of carbonyl (C=O) groups is 1. The number of carbonyl (C=O) groups excluding carboxylic acids is 1. The van der Waals surface area contributed by atoms with Crippen LogP contribution in [0.5, 0.6) is 5.75 Å². The molecule has 2 aromatic rings. The van der Waals surface area contributed by atoms with E-state index in [1.807, 2.05) is 36.4 Å². The first-order valence-corrected chi connectivity index (χ1v) is 8.02. The first-order valence-electron chi connectivity index (χ1n) is 7.65. The van der Waals surface area contributed by atoms with Crippen molar-refractivity contribution in [3.63, 3.8) is 0 Å². The number of ether oxygens (including phenoxy) is 2. The van der Waals surface area contributed by atoms with Gasteiger partial charge in [-0.25, -0.2) is 0 Å². The molecule has 1 amide bonds. The number of methoxy groups -OCH3 is 1. The van der Waals surface area contributed by atoms with Crippen LogP contribution in [0.2, 0.25) is 5.02 Å². The van der Waals surface area contributed by atoms with Crippen molar-refractivity contribution in [3.8, 4) is 5.75 Å². The largest absolute Gasteiger partial charge is 0.489 e. The van der Waals surface area contributed by atoms with Crippen LogP contribution in [0.4, 0.5) is 5.69 Å². The van der Waals surface area contributed by atoms with E-state index in [2.05, 4.69) is 10.6 Å². The van der Waals surface area contributed by atoms with Crippen LogP contribution in [0, 0.1) is 0 Å². The zero-order valence-electron chi connectivity index (χ0n) is 13.5. The Morgan fingerprint density at radius 2 is 1.88 bits per heavy atom. The zero-order valence-corrected chi connectivity index (χ0v) is 14.3. The van der Waals surface area contributed by atoms with Gasteiger partial charge in [-0.3, -0.25) is 4.79 Å². The summed E-state index contributed by atoms with van der Waals surface area (Å²) in [5, 5.41) is 6.48. The summed E-state index contributed by atoms with van der Waals surface area (Å²) in [6, 6.07) is 14.8. The fraction of sp³-hybridized carbons (Fsp3) is 0.278. The van der Waals surface area contributed by atoms with Gasteiger partial charge in [0.05, 0.1) is 13.2 Å². The van der Waals surface area contributed by atoms with Crippen molar-refractivity contribution < 1.29 is 14.3 Å². The van der Waals surface area contributed by atoms with Gasteiger partial charge in [-0.05, 0) is 30.3 Å². The molecular formula is C18H21ClN2O3. The van der Waals surface area contributed by atoms with Gasteiger partial charge in [-0.15, -0.1) is 0 Å². The highest BCUT2D eigenvalue weighted by molar-refractivity contribution is 6.31. The molecule has 0 unspecified atom stereocenters. The number of anilines is 1. The molecule has 2 rings (SSSR count). The fourth-order valence-electron chi connectivity index (χ4n) is 1.99. The molecule has 0 aliphatic heterocycles. The predicted octanol–water partition coefficient (Wildman–Crippen LogP) is 3.09. The molecule has 128 valence electrons. The van der Waals surface area contributed by atoms with Crippen molar-refractivity contribution in [2.45, 2.75) is 6.61 Å². The third-order valence-electron chi connectivity index (χ3n) is 3.26. The van der Waals surface area contributed by atoms with Crippen LogP contribution in [0.25, 0.3) is 0 Å². The number of halogens is 1. The average Bonchev–Trinajstić information content (AvgIpc) is 2.59. The molecule has 0 aliphatic rings. The molecule has 0 fully saturated rings. The molecule has 2 N–H and O–H groups in total. The molecule has 0 saturated heterocycles. The second-order valence-corrected chi connectivity index (χ2v) is 5.53. The van der Waals surface area contributed by atoms with E-state index in [9.17, 15) is 4.79 Å². The summed E-state index contributed by atoms with van der Waals surface area (Å²) in [7, 11) is 1.62. The molecule has 6 heteroatoms. The first kappa shape index (κ1) is 18.3. The Bertz CT molecular complexity index is 647. The van der Waals surface area contributed by atoms with Gasteiger partial charge < -0.3 is 20.1 Å². The molecule has 0 saturated carbocycles. The summed E-state index contributed by atoms with van der Waals surface area (Å²) >= 11 is 6.09. The smallest absolute Gasteiger partial charge is 0.238 e. The van der Waals surface area contributed by atoms with E-state index < -0.39 is 0 Å². The topological polar surface area (TPSA) is 59.6 Å². The normalized spacial score (nSPS) is 10.4. The minimum atomic E-state index is -0.101. The van der Waals surface area contributed by atoms with E-state index in [1.165, 1.54) is 0 Å². The van der Waals surface area contributed by atoms with Gasteiger partial charge in [0.25, 0.3) is 0 Å². The average molecular weight is 349 g/mol. The van der Waals surface area contributed by atoms with E-state index in [0.29, 0.717) is 30.5 Å². The summed E-state index contributed by atoms with van der Waals surface area (Å²) in [4.78, 5) is 11.7. The van der Waals surface area contributed by atoms with Crippen molar-refractivity contribution in [2.24, 2.45) is 0 Å². The first-order chi connectivity index (χ1) is 11.7. The SMILES string of the molecule is COCCNCC(=O)Nc1ccc(OCc2ccccc2Cl)cc1. The van der Waals surface area contributed by atoms with Crippen LogP contribution in [-0.2, 0) is 16.1 Å². The molecule has 0 bridgehead atoms. The molecular weight excluding hydrogens is 328 g/mol. The third kappa shape index (κ3) is 6.20. The summed E-state index contributed by atoms with van der Waals surface area (Å²) < 4.78 is 10.6. The van der Waals surface area contributed by atoms with Gasteiger partial charge in [0, 0.05) is 29.9 Å². The third-order valence-corrected chi connectivity index (χ3v) is 3.63. The second-order valence-electron chi connectivity index (χ2n) is 5.12. The number of amides is 1. The van der Waals surface area contributed by atoms with Gasteiger partial charge in [-0.2, -0.15) is 0 Å². The van der Waals surface area contributed by atoms with Gasteiger partial charge in [0.1, 0.15) is 12.4 Å². The number of rotatable bonds is 9. The lowest BCUT2D eigenvalue weighted by atomic mass is 10.2. The maximum atomic E-state index is 11.7. The maximum Gasteiger partial charge on any atom is 0.238 e. The molecule has 2 aromatic carbocycles. The lowest BCUT2D eigenvalue weighted by molar-refractivity contribution is -0.115. The Hall–Kier alpha value is -2.08. The molecule has 0 spiro atoms. The highest BCUT2D eigenvalue weighted by atomic mass is 35.5. The fourth-order valence-corrected chi connectivity index (χ4v) is 2.18. The quantitative estimate of drug-likeness (QED) is 0.684. The monoisotopic (exact) mass is 348 g/mol. The number of benzene rings is 2. The van der Waals surface area contributed by atoms with Crippen LogP contribution in [0.1, 0.15) is 5.56 Å². The van der Waals surface area contributed by atoms with Crippen LogP contribution < -0.4 is 15.4 Å². The molecule has 0 aromatic heterocycles. The summed E-state index contributed by atoms with van der Waals surface area (Å²) in [6.07, 6.45) is 0. The molecule has 24 heavy (non-hydrogen) atoms. The predicted molar refractivity (Wildman–Crippen MR) is 95.6 cm³/mol. The number of nitrogens with one attached hydrogen (secondary N) is 2. The summed E-state index contributed by atoms with van der Waals surface area (Å²) in [5.41, 5.74) is 1.65. The molecule has 5 nitrogen and oxygen atoms in total. The number of hydrogen-bond donors (Lipinski definition) is 2. The van der Waals surface area contributed by atoms with Crippen LogP contribution in [-0.4, -0.2) is 32.7 Å². The van der Waals surface area contributed by atoms with Crippen molar-refractivity contribution in [3.05, 3.63) is 59.1 Å². The zero-order chi connectivity index (χ0) is 17.2. The Morgan fingerprint density at radius 1 is 1.12 bits per heavy atom. The lowest BCUT2D eigenvalue weighted by Gasteiger charge is -2.09.